The molecule has 0 aromatic rings. The topological polar surface area (TPSA) is 26.3 Å². The van der Waals surface area contributed by atoms with E-state index >= 15 is 0 Å². The molecule has 0 saturated heterocycles. The predicted octanol–water partition coefficient (Wildman–Crippen LogP) is 2.28. The summed E-state index contributed by atoms with van der Waals surface area (Å²) in [4.78, 5) is 11.2. The maximum atomic E-state index is 11.2. The Labute approximate surface area is 80.1 Å². The molecule has 0 aromatic carbocycles. The minimum atomic E-state index is -0.0987. The molecule has 2 atom stereocenters. The lowest BCUT2D eigenvalue weighted by Crippen LogP contribution is -2.20. The molecule has 0 rings (SSSR count). The predicted molar refractivity (Wildman–Crippen MR) is 53.5 cm³/mol. The summed E-state index contributed by atoms with van der Waals surface area (Å²) >= 11 is 4.06. The first kappa shape index (κ1) is 11.8. The highest BCUT2D eigenvalue weighted by atomic mass is 32.1. The Balaban J connectivity index is 3.70. The van der Waals surface area contributed by atoms with E-state index in [4.69, 9.17) is 4.74 Å². The second kappa shape index (κ2) is 6.35. The lowest BCUT2D eigenvalue weighted by molar-refractivity contribution is -0.152. The van der Waals surface area contributed by atoms with E-state index in [1.54, 1.807) is 0 Å². The molecule has 12 heavy (non-hydrogen) atoms. The third-order valence-electron chi connectivity index (χ3n) is 1.86. The molecular formula is C9H18O2S. The monoisotopic (exact) mass is 190 g/mol. The van der Waals surface area contributed by atoms with E-state index in [0.717, 1.165) is 18.6 Å². The molecule has 0 heterocycles. The van der Waals surface area contributed by atoms with E-state index in [0.29, 0.717) is 0 Å². The van der Waals surface area contributed by atoms with E-state index in [2.05, 4.69) is 12.6 Å². The molecule has 0 aliphatic heterocycles. The number of hydrogen-bond acceptors (Lipinski definition) is 3. The van der Waals surface area contributed by atoms with Crippen LogP contribution < -0.4 is 0 Å². The largest absolute Gasteiger partial charge is 0.462 e. The number of carbonyl (C=O) groups is 1. The highest BCUT2D eigenvalue weighted by molar-refractivity contribution is 7.80. The van der Waals surface area contributed by atoms with Gasteiger partial charge in [0.15, 0.2) is 0 Å². The zero-order valence-corrected chi connectivity index (χ0v) is 8.93. The van der Waals surface area contributed by atoms with Gasteiger partial charge in [-0.1, -0.05) is 13.8 Å². The lowest BCUT2D eigenvalue weighted by atomic mass is 10.1. The van der Waals surface area contributed by atoms with E-state index in [9.17, 15) is 4.79 Å². The molecule has 0 radical (unpaired) electrons. The van der Waals surface area contributed by atoms with E-state index < -0.39 is 0 Å². The van der Waals surface area contributed by atoms with Crippen LogP contribution >= 0.6 is 12.6 Å². The van der Waals surface area contributed by atoms with Crippen molar-refractivity contribution in [1.82, 2.24) is 0 Å². The molecule has 0 fully saturated rings. The van der Waals surface area contributed by atoms with Gasteiger partial charge in [0.1, 0.15) is 0 Å². The van der Waals surface area contributed by atoms with Crippen LogP contribution in [0.2, 0.25) is 0 Å². The van der Waals surface area contributed by atoms with Crippen LogP contribution in [0.3, 0.4) is 0 Å². The minimum absolute atomic E-state index is 0.0171. The molecule has 0 spiro atoms. The van der Waals surface area contributed by atoms with Crippen LogP contribution in [-0.4, -0.2) is 17.8 Å². The summed E-state index contributed by atoms with van der Waals surface area (Å²) in [5.74, 6) is 0.617. The quantitative estimate of drug-likeness (QED) is 0.532. The summed E-state index contributed by atoms with van der Waals surface area (Å²) in [5, 5.41) is 0. The normalized spacial score (nSPS) is 15.3. The Bertz CT molecular complexity index is 136. The van der Waals surface area contributed by atoms with Crippen molar-refractivity contribution in [2.45, 2.75) is 39.7 Å². The van der Waals surface area contributed by atoms with Gasteiger partial charge in [-0.3, -0.25) is 4.79 Å². The maximum absolute atomic E-state index is 11.2. The molecule has 0 saturated carbocycles. The summed E-state index contributed by atoms with van der Waals surface area (Å²) in [6, 6.07) is 0. The Morgan fingerprint density at radius 3 is 2.50 bits per heavy atom. The molecule has 0 aliphatic rings. The first-order chi connectivity index (χ1) is 5.61. The summed E-state index contributed by atoms with van der Waals surface area (Å²) < 4.78 is 5.14. The fraction of sp³-hybridized carbons (Fsp3) is 0.889. The molecule has 0 aliphatic carbocycles. The van der Waals surface area contributed by atoms with E-state index in [-0.39, 0.29) is 18.0 Å². The number of rotatable bonds is 5. The fourth-order valence-corrected chi connectivity index (χ4v) is 1.10. The third-order valence-corrected chi connectivity index (χ3v) is 2.11. The van der Waals surface area contributed by atoms with Crippen molar-refractivity contribution >= 4 is 18.6 Å². The average Bonchev–Trinajstić information content (AvgIpc) is 2.04. The van der Waals surface area contributed by atoms with Gasteiger partial charge in [0, 0.05) is 0 Å². The van der Waals surface area contributed by atoms with Crippen molar-refractivity contribution in [2.75, 3.05) is 5.75 Å². The van der Waals surface area contributed by atoms with Gasteiger partial charge in [0.2, 0.25) is 0 Å². The number of esters is 1. The van der Waals surface area contributed by atoms with Gasteiger partial charge in [-0.15, -0.1) is 0 Å². The van der Waals surface area contributed by atoms with Crippen molar-refractivity contribution in [3.63, 3.8) is 0 Å². The smallest absolute Gasteiger partial charge is 0.308 e. The van der Waals surface area contributed by atoms with Crippen LogP contribution in [0.1, 0.15) is 33.6 Å². The van der Waals surface area contributed by atoms with Crippen LogP contribution in [0.25, 0.3) is 0 Å². The van der Waals surface area contributed by atoms with Gasteiger partial charge in [0.05, 0.1) is 12.0 Å². The average molecular weight is 190 g/mol. The van der Waals surface area contributed by atoms with Gasteiger partial charge in [0.25, 0.3) is 0 Å². The molecule has 0 N–H and O–H groups in total. The standard InChI is InChI=1S/C9H18O2S/c1-4-8(3)11-9(10)7(2)5-6-12/h7-8,12H,4-6H2,1-3H3. The number of hydrogen-bond donors (Lipinski definition) is 1. The Hall–Kier alpha value is -0.180. The molecule has 72 valence electrons. The number of thiol groups is 1. The molecule has 3 heteroatoms. The minimum Gasteiger partial charge on any atom is -0.462 e. The Morgan fingerprint density at radius 1 is 1.50 bits per heavy atom. The highest BCUT2D eigenvalue weighted by Gasteiger charge is 2.15. The SMILES string of the molecule is CCC(C)OC(=O)C(C)CCS. The second-order valence-corrected chi connectivity index (χ2v) is 3.52. The first-order valence-corrected chi connectivity index (χ1v) is 5.06. The molecule has 0 bridgehead atoms. The van der Waals surface area contributed by atoms with Crippen LogP contribution in [0.5, 0.6) is 0 Å². The van der Waals surface area contributed by atoms with Crippen molar-refractivity contribution in [1.29, 1.82) is 0 Å². The summed E-state index contributed by atoms with van der Waals surface area (Å²) in [6.45, 7) is 5.79. The van der Waals surface area contributed by atoms with Gasteiger partial charge in [-0.05, 0) is 25.5 Å². The molecular weight excluding hydrogens is 172 g/mol. The maximum Gasteiger partial charge on any atom is 0.308 e. The first-order valence-electron chi connectivity index (χ1n) is 4.43. The zero-order chi connectivity index (χ0) is 9.56. The second-order valence-electron chi connectivity index (χ2n) is 3.07. The van der Waals surface area contributed by atoms with Crippen LogP contribution in [0, 0.1) is 5.92 Å². The number of carbonyl (C=O) groups excluding carboxylic acids is 1. The number of ether oxygens (including phenoxy) is 1. The van der Waals surface area contributed by atoms with Crippen LogP contribution in [0.15, 0.2) is 0 Å². The molecule has 0 amide bonds. The zero-order valence-electron chi connectivity index (χ0n) is 8.04. The third kappa shape index (κ3) is 4.65. The Kier molecular flexibility index (Phi) is 6.25. The van der Waals surface area contributed by atoms with E-state index in [1.165, 1.54) is 0 Å². The summed E-state index contributed by atoms with van der Waals surface area (Å²) in [6.07, 6.45) is 1.71. The van der Waals surface area contributed by atoms with Gasteiger partial charge in [-0.25, -0.2) is 0 Å². The highest BCUT2D eigenvalue weighted by Crippen LogP contribution is 2.08. The fourth-order valence-electron chi connectivity index (χ4n) is 0.709. The van der Waals surface area contributed by atoms with Crippen molar-refractivity contribution < 1.29 is 9.53 Å². The van der Waals surface area contributed by atoms with Crippen molar-refractivity contribution in [3.8, 4) is 0 Å². The van der Waals surface area contributed by atoms with Gasteiger partial charge < -0.3 is 4.74 Å². The molecule has 2 nitrogen and oxygen atoms in total. The van der Waals surface area contributed by atoms with Crippen molar-refractivity contribution in [2.24, 2.45) is 5.92 Å². The van der Waals surface area contributed by atoms with Crippen LogP contribution in [0.4, 0.5) is 0 Å². The molecule has 0 aromatic heterocycles. The summed E-state index contributed by atoms with van der Waals surface area (Å²) in [7, 11) is 0. The lowest BCUT2D eigenvalue weighted by Gasteiger charge is -2.14. The molecule has 2 unspecified atom stereocenters. The Morgan fingerprint density at radius 2 is 2.08 bits per heavy atom. The van der Waals surface area contributed by atoms with Gasteiger partial charge >= 0.3 is 5.97 Å². The summed E-state index contributed by atoms with van der Waals surface area (Å²) in [5.41, 5.74) is 0. The van der Waals surface area contributed by atoms with Crippen molar-refractivity contribution in [3.05, 3.63) is 0 Å². The van der Waals surface area contributed by atoms with Crippen LogP contribution in [-0.2, 0) is 9.53 Å². The van der Waals surface area contributed by atoms with Gasteiger partial charge in [-0.2, -0.15) is 12.6 Å². The van der Waals surface area contributed by atoms with E-state index in [1.807, 2.05) is 20.8 Å².